The number of urea groups is 1. The molecule has 1 aromatic rings. The number of carbonyl (C=O) groups excluding carboxylic acids is 1. The number of hydrogen-bond donors (Lipinski definition) is 2. The fourth-order valence-electron chi connectivity index (χ4n) is 2.99. The maximum absolute atomic E-state index is 11.9. The zero-order valence-corrected chi connectivity index (χ0v) is 13.8. The van der Waals surface area contributed by atoms with E-state index in [1.54, 1.807) is 0 Å². The van der Waals surface area contributed by atoms with Crippen LogP contribution >= 0.6 is 0 Å². The van der Waals surface area contributed by atoms with Gasteiger partial charge in [-0.3, -0.25) is 0 Å². The molecule has 0 aromatic carbocycles. The summed E-state index contributed by atoms with van der Waals surface area (Å²) in [5.74, 6) is 0.750. The molecule has 6 heteroatoms. The maximum Gasteiger partial charge on any atom is 0.315 e. The van der Waals surface area contributed by atoms with Gasteiger partial charge in [-0.1, -0.05) is 5.16 Å². The molecule has 6 nitrogen and oxygen atoms in total. The fourth-order valence-corrected chi connectivity index (χ4v) is 2.99. The normalized spacial score (nSPS) is 19.7. The smallest absolute Gasteiger partial charge is 0.315 e. The molecule has 2 heterocycles. The molecule has 0 saturated carbocycles. The molecule has 1 saturated heterocycles. The molecule has 2 rings (SSSR count). The number of nitrogens with one attached hydrogen (secondary N) is 2. The average Bonchev–Trinajstić information content (AvgIpc) is 2.84. The van der Waals surface area contributed by atoms with Crippen molar-refractivity contribution in [3.8, 4) is 0 Å². The molecule has 22 heavy (non-hydrogen) atoms. The van der Waals surface area contributed by atoms with Crippen LogP contribution in [0.1, 0.15) is 62.1 Å². The quantitative estimate of drug-likeness (QED) is 0.792. The lowest BCUT2D eigenvalue weighted by molar-refractivity contribution is 0.0103. The summed E-state index contributed by atoms with van der Waals surface area (Å²) in [5, 5.41) is 9.73. The van der Waals surface area contributed by atoms with Crippen molar-refractivity contribution in [3.05, 3.63) is 17.0 Å². The summed E-state index contributed by atoms with van der Waals surface area (Å²) >= 11 is 0. The lowest BCUT2D eigenvalue weighted by Crippen LogP contribution is -2.38. The molecule has 124 valence electrons. The number of nitrogens with zero attached hydrogens (tertiary/aromatic N) is 1. The maximum atomic E-state index is 11.9. The summed E-state index contributed by atoms with van der Waals surface area (Å²) in [6.45, 7) is 7.22. The first-order chi connectivity index (χ1) is 10.6. The monoisotopic (exact) mass is 309 g/mol. The molecule has 0 radical (unpaired) electrons. The van der Waals surface area contributed by atoms with Crippen molar-refractivity contribution in [3.63, 3.8) is 0 Å². The van der Waals surface area contributed by atoms with Gasteiger partial charge < -0.3 is 19.9 Å². The van der Waals surface area contributed by atoms with Gasteiger partial charge in [0.1, 0.15) is 5.76 Å². The summed E-state index contributed by atoms with van der Waals surface area (Å²) in [6, 6.07) is -0.273. The Morgan fingerprint density at radius 1 is 1.41 bits per heavy atom. The van der Waals surface area contributed by atoms with Crippen LogP contribution in [0.25, 0.3) is 0 Å². The second-order valence-electron chi connectivity index (χ2n) is 5.99. The van der Waals surface area contributed by atoms with Crippen LogP contribution in [0, 0.1) is 13.8 Å². The van der Waals surface area contributed by atoms with E-state index < -0.39 is 0 Å². The second-order valence-corrected chi connectivity index (χ2v) is 5.99. The Balaban J connectivity index is 1.65. The minimum absolute atomic E-state index is 0.118. The Bertz CT molecular complexity index is 461. The molecule has 1 aliphatic rings. The number of aromatic nitrogens is 1. The molecular formula is C16H27N3O3. The lowest BCUT2D eigenvalue weighted by Gasteiger charge is -2.22. The van der Waals surface area contributed by atoms with Gasteiger partial charge in [0, 0.05) is 18.7 Å². The Labute approximate surface area is 132 Å². The summed E-state index contributed by atoms with van der Waals surface area (Å²) < 4.78 is 10.8. The fraction of sp³-hybridized carbons (Fsp3) is 0.750. The van der Waals surface area contributed by atoms with Crippen LogP contribution in [0.4, 0.5) is 4.79 Å². The minimum Gasteiger partial charge on any atom is -0.378 e. The third-order valence-electron chi connectivity index (χ3n) is 4.13. The standard InChI is InChI=1S/C16H27N3O3/c1-11(15-12(2)19-22-13(15)3)18-16(20)17-9-6-8-14-7-4-5-10-21-14/h11,14H,4-10H2,1-3H3,(H2,17,18,20)/t11-,14-/m1/s1. The second kappa shape index (κ2) is 8.17. The van der Waals surface area contributed by atoms with Crippen molar-refractivity contribution in [2.75, 3.05) is 13.2 Å². The van der Waals surface area contributed by atoms with Gasteiger partial charge in [-0.15, -0.1) is 0 Å². The van der Waals surface area contributed by atoms with Crippen molar-refractivity contribution in [1.82, 2.24) is 15.8 Å². The Kier molecular flexibility index (Phi) is 6.24. The largest absolute Gasteiger partial charge is 0.378 e. The molecule has 1 aromatic heterocycles. The van der Waals surface area contributed by atoms with Gasteiger partial charge in [-0.05, 0) is 52.9 Å². The van der Waals surface area contributed by atoms with E-state index in [2.05, 4.69) is 15.8 Å². The molecule has 0 unspecified atom stereocenters. The number of carbonyl (C=O) groups is 1. The van der Waals surface area contributed by atoms with E-state index in [0.29, 0.717) is 12.6 Å². The highest BCUT2D eigenvalue weighted by Gasteiger charge is 2.18. The van der Waals surface area contributed by atoms with Crippen LogP contribution in [0.15, 0.2) is 4.52 Å². The number of rotatable bonds is 6. The first-order valence-corrected chi connectivity index (χ1v) is 8.16. The van der Waals surface area contributed by atoms with Crippen molar-refractivity contribution in [2.24, 2.45) is 0 Å². The molecule has 2 atom stereocenters. The Hall–Kier alpha value is -1.56. The minimum atomic E-state index is -0.155. The Morgan fingerprint density at radius 3 is 2.86 bits per heavy atom. The number of aryl methyl sites for hydroxylation is 2. The van der Waals surface area contributed by atoms with Crippen molar-refractivity contribution < 1.29 is 14.1 Å². The van der Waals surface area contributed by atoms with Crippen LogP contribution in [0.2, 0.25) is 0 Å². The third-order valence-corrected chi connectivity index (χ3v) is 4.13. The van der Waals surface area contributed by atoms with E-state index in [4.69, 9.17) is 9.26 Å². The van der Waals surface area contributed by atoms with E-state index in [1.807, 2.05) is 20.8 Å². The highest BCUT2D eigenvalue weighted by molar-refractivity contribution is 5.74. The molecule has 0 bridgehead atoms. The van der Waals surface area contributed by atoms with Gasteiger partial charge in [0.2, 0.25) is 0 Å². The first kappa shape index (κ1) is 16.8. The molecule has 2 amide bonds. The van der Waals surface area contributed by atoms with Crippen molar-refractivity contribution in [1.29, 1.82) is 0 Å². The SMILES string of the molecule is Cc1noc(C)c1[C@@H](C)NC(=O)NCCC[C@H]1CCCCO1. The van der Waals surface area contributed by atoms with Gasteiger partial charge in [0.15, 0.2) is 0 Å². The summed E-state index contributed by atoms with van der Waals surface area (Å²) in [5.41, 5.74) is 1.77. The van der Waals surface area contributed by atoms with Gasteiger partial charge in [-0.25, -0.2) is 4.79 Å². The zero-order valence-electron chi connectivity index (χ0n) is 13.8. The number of hydrogen-bond acceptors (Lipinski definition) is 4. The highest BCUT2D eigenvalue weighted by Crippen LogP contribution is 2.20. The van der Waals surface area contributed by atoms with Crippen LogP contribution < -0.4 is 10.6 Å². The third kappa shape index (κ3) is 4.73. The molecule has 0 aliphatic carbocycles. The average molecular weight is 309 g/mol. The van der Waals surface area contributed by atoms with Crippen molar-refractivity contribution in [2.45, 2.75) is 65.0 Å². The van der Waals surface area contributed by atoms with Crippen LogP contribution in [-0.4, -0.2) is 30.4 Å². The van der Waals surface area contributed by atoms with Gasteiger partial charge in [-0.2, -0.15) is 0 Å². The van der Waals surface area contributed by atoms with Crippen LogP contribution in [-0.2, 0) is 4.74 Å². The van der Waals surface area contributed by atoms with Gasteiger partial charge in [0.25, 0.3) is 0 Å². The molecule has 2 N–H and O–H groups in total. The Morgan fingerprint density at radius 2 is 2.23 bits per heavy atom. The zero-order chi connectivity index (χ0) is 15.9. The molecule has 1 aliphatic heterocycles. The lowest BCUT2D eigenvalue weighted by atomic mass is 10.0. The van der Waals surface area contributed by atoms with Gasteiger partial charge in [0.05, 0.1) is 17.8 Å². The number of ether oxygens (including phenoxy) is 1. The topological polar surface area (TPSA) is 76.4 Å². The summed E-state index contributed by atoms with van der Waals surface area (Å²) in [4.78, 5) is 11.9. The highest BCUT2D eigenvalue weighted by atomic mass is 16.5. The van der Waals surface area contributed by atoms with Crippen molar-refractivity contribution >= 4 is 6.03 Å². The summed E-state index contributed by atoms with van der Waals surface area (Å²) in [7, 11) is 0. The van der Waals surface area contributed by atoms with Gasteiger partial charge >= 0.3 is 6.03 Å². The molecular weight excluding hydrogens is 282 g/mol. The van der Waals surface area contributed by atoms with Crippen LogP contribution in [0.3, 0.4) is 0 Å². The predicted octanol–water partition coefficient (Wildman–Crippen LogP) is 3.00. The summed E-state index contributed by atoms with van der Waals surface area (Å²) in [6.07, 6.45) is 5.91. The molecule has 0 spiro atoms. The predicted molar refractivity (Wildman–Crippen MR) is 83.8 cm³/mol. The first-order valence-electron chi connectivity index (χ1n) is 8.16. The van der Waals surface area contributed by atoms with E-state index >= 15 is 0 Å². The molecule has 1 fully saturated rings. The van der Waals surface area contributed by atoms with E-state index in [9.17, 15) is 4.79 Å². The van der Waals surface area contributed by atoms with Crippen LogP contribution in [0.5, 0.6) is 0 Å². The van der Waals surface area contributed by atoms with E-state index in [1.165, 1.54) is 12.8 Å². The van der Waals surface area contributed by atoms with E-state index in [0.717, 1.165) is 42.9 Å². The van der Waals surface area contributed by atoms with E-state index in [-0.39, 0.29) is 12.1 Å². The number of amides is 2.